The van der Waals surface area contributed by atoms with Crippen LogP contribution in [0.2, 0.25) is 0 Å². The van der Waals surface area contributed by atoms with Crippen molar-refractivity contribution in [3.8, 4) is 0 Å². The van der Waals surface area contributed by atoms with E-state index in [1.807, 2.05) is 6.92 Å². The minimum atomic E-state index is -0.595. The van der Waals surface area contributed by atoms with E-state index >= 15 is 0 Å². The van der Waals surface area contributed by atoms with Crippen molar-refractivity contribution in [3.63, 3.8) is 0 Å². The van der Waals surface area contributed by atoms with Crippen molar-refractivity contribution in [2.75, 3.05) is 20.3 Å². The Morgan fingerprint density at radius 2 is 2.00 bits per heavy atom. The molecule has 0 aliphatic rings. The van der Waals surface area contributed by atoms with E-state index in [-0.39, 0.29) is 5.97 Å². The summed E-state index contributed by atoms with van der Waals surface area (Å²) in [7, 11) is 1.44. The Balaban J connectivity index is 4.09. The molecule has 4 heteroatoms. The molecule has 2 unspecified atom stereocenters. The van der Waals surface area contributed by atoms with Crippen LogP contribution in [0.5, 0.6) is 0 Å². The minimum Gasteiger partial charge on any atom is -0.468 e. The molecule has 2 atom stereocenters. The van der Waals surface area contributed by atoms with E-state index in [0.717, 1.165) is 38.6 Å². The highest BCUT2D eigenvalue weighted by Gasteiger charge is 2.32. The number of methoxy groups -OCH3 is 1. The van der Waals surface area contributed by atoms with Crippen molar-refractivity contribution in [1.29, 1.82) is 0 Å². The van der Waals surface area contributed by atoms with Gasteiger partial charge in [-0.3, -0.25) is 4.79 Å². The molecule has 19 heavy (non-hydrogen) atoms. The average molecular weight is 273 g/mol. The van der Waals surface area contributed by atoms with Gasteiger partial charge in [0.15, 0.2) is 0 Å². The number of hydrogen-bond acceptors (Lipinski definition) is 4. The third kappa shape index (κ3) is 7.53. The van der Waals surface area contributed by atoms with E-state index in [1.165, 1.54) is 7.11 Å². The van der Waals surface area contributed by atoms with Gasteiger partial charge in [-0.15, -0.1) is 0 Å². The molecule has 114 valence electrons. The predicted molar refractivity (Wildman–Crippen MR) is 78.3 cm³/mol. The summed E-state index contributed by atoms with van der Waals surface area (Å²) in [6.45, 7) is 9.76. The van der Waals surface area contributed by atoms with E-state index in [4.69, 9.17) is 9.47 Å². The maximum atomic E-state index is 11.8. The molecule has 0 saturated heterocycles. The fraction of sp³-hybridized carbons (Fsp3) is 0.933. The Labute approximate surface area is 118 Å². The van der Waals surface area contributed by atoms with Gasteiger partial charge < -0.3 is 14.8 Å². The number of ether oxygens (including phenoxy) is 2. The summed E-state index contributed by atoms with van der Waals surface area (Å²) in [5.74, 6) is -0.192. The van der Waals surface area contributed by atoms with Crippen LogP contribution in [0.15, 0.2) is 0 Å². The number of carbonyl (C=O) groups excluding carboxylic acids is 1. The molecule has 0 aliphatic heterocycles. The zero-order chi connectivity index (χ0) is 14.7. The maximum absolute atomic E-state index is 11.8. The zero-order valence-corrected chi connectivity index (χ0v) is 13.3. The Morgan fingerprint density at radius 3 is 2.53 bits per heavy atom. The maximum Gasteiger partial charge on any atom is 0.325 e. The van der Waals surface area contributed by atoms with Gasteiger partial charge in [0.1, 0.15) is 5.54 Å². The first-order chi connectivity index (χ1) is 9.00. The number of nitrogens with one attached hydrogen (secondary N) is 1. The first-order valence-electron chi connectivity index (χ1n) is 7.45. The summed E-state index contributed by atoms with van der Waals surface area (Å²) in [5.41, 5.74) is -0.595. The minimum absolute atomic E-state index is 0.192. The monoisotopic (exact) mass is 273 g/mol. The van der Waals surface area contributed by atoms with Crippen LogP contribution in [-0.2, 0) is 14.3 Å². The van der Waals surface area contributed by atoms with Crippen LogP contribution in [0.4, 0.5) is 0 Å². The van der Waals surface area contributed by atoms with E-state index in [2.05, 4.69) is 26.1 Å². The Hall–Kier alpha value is -0.610. The molecule has 0 rings (SSSR count). The van der Waals surface area contributed by atoms with Crippen molar-refractivity contribution in [2.45, 2.75) is 71.4 Å². The lowest BCUT2D eigenvalue weighted by Crippen LogP contribution is -2.50. The van der Waals surface area contributed by atoms with Gasteiger partial charge in [0, 0.05) is 6.61 Å². The fourth-order valence-corrected chi connectivity index (χ4v) is 2.09. The molecule has 4 nitrogen and oxygen atoms in total. The molecule has 0 aromatic heterocycles. The summed E-state index contributed by atoms with van der Waals surface area (Å²) < 4.78 is 10.6. The number of carbonyl (C=O) groups is 1. The molecule has 0 aromatic rings. The van der Waals surface area contributed by atoms with Crippen molar-refractivity contribution < 1.29 is 14.3 Å². The van der Waals surface area contributed by atoms with Crippen LogP contribution < -0.4 is 5.32 Å². The molecular formula is C15H31NO3. The van der Waals surface area contributed by atoms with E-state index in [0.29, 0.717) is 12.7 Å². The topological polar surface area (TPSA) is 47.6 Å². The predicted octanol–water partition coefficient (Wildman–Crippen LogP) is 2.90. The second-order valence-electron chi connectivity index (χ2n) is 5.32. The lowest BCUT2D eigenvalue weighted by Gasteiger charge is -2.28. The van der Waals surface area contributed by atoms with Crippen molar-refractivity contribution in [3.05, 3.63) is 0 Å². The van der Waals surface area contributed by atoms with Gasteiger partial charge in [-0.2, -0.15) is 0 Å². The molecule has 0 radical (unpaired) electrons. The molecule has 1 N–H and O–H groups in total. The van der Waals surface area contributed by atoms with Gasteiger partial charge in [-0.05, 0) is 46.1 Å². The first kappa shape index (κ1) is 18.4. The van der Waals surface area contributed by atoms with Crippen molar-refractivity contribution in [2.24, 2.45) is 0 Å². The molecule has 0 aliphatic carbocycles. The van der Waals surface area contributed by atoms with Crippen LogP contribution in [0, 0.1) is 0 Å². The van der Waals surface area contributed by atoms with Gasteiger partial charge in [0.05, 0.1) is 13.2 Å². The molecule has 0 fully saturated rings. The van der Waals surface area contributed by atoms with E-state index in [9.17, 15) is 4.79 Å². The molecular weight excluding hydrogens is 242 g/mol. The van der Waals surface area contributed by atoms with Gasteiger partial charge in [0.2, 0.25) is 0 Å². The lowest BCUT2D eigenvalue weighted by molar-refractivity contribution is -0.148. The van der Waals surface area contributed by atoms with E-state index in [1.54, 1.807) is 0 Å². The average Bonchev–Trinajstić information content (AvgIpc) is 2.40. The molecule has 0 saturated carbocycles. The third-order valence-corrected chi connectivity index (χ3v) is 3.32. The fourth-order valence-electron chi connectivity index (χ4n) is 2.09. The SMILES string of the molecule is CCCNC(C)(CCCOC(C)CCC)C(=O)OC. The Bertz CT molecular complexity index is 246. The number of hydrogen-bond donors (Lipinski definition) is 1. The Kier molecular flexibility index (Phi) is 9.88. The van der Waals surface area contributed by atoms with Crippen molar-refractivity contribution in [1.82, 2.24) is 5.32 Å². The standard InChI is InChI=1S/C15H31NO3/c1-6-9-13(3)19-12-8-10-15(4,14(17)18-5)16-11-7-2/h13,16H,6-12H2,1-5H3. The number of rotatable bonds is 11. The summed E-state index contributed by atoms with van der Waals surface area (Å²) in [6.07, 6.45) is 5.12. The van der Waals surface area contributed by atoms with Crippen LogP contribution in [0.1, 0.15) is 59.8 Å². The second kappa shape index (κ2) is 10.2. The van der Waals surface area contributed by atoms with Gasteiger partial charge in [-0.25, -0.2) is 0 Å². The normalized spacial score (nSPS) is 15.8. The zero-order valence-electron chi connectivity index (χ0n) is 13.3. The summed E-state index contributed by atoms with van der Waals surface area (Å²) in [4.78, 5) is 11.8. The van der Waals surface area contributed by atoms with Crippen LogP contribution in [0.25, 0.3) is 0 Å². The molecule has 0 spiro atoms. The van der Waals surface area contributed by atoms with E-state index < -0.39 is 5.54 Å². The van der Waals surface area contributed by atoms with Crippen LogP contribution >= 0.6 is 0 Å². The van der Waals surface area contributed by atoms with Gasteiger partial charge >= 0.3 is 5.97 Å². The van der Waals surface area contributed by atoms with Gasteiger partial charge in [0.25, 0.3) is 0 Å². The quantitative estimate of drug-likeness (QED) is 0.464. The van der Waals surface area contributed by atoms with Crippen LogP contribution in [0.3, 0.4) is 0 Å². The molecule has 0 aromatic carbocycles. The lowest BCUT2D eigenvalue weighted by atomic mass is 9.96. The highest BCUT2D eigenvalue weighted by Crippen LogP contribution is 2.15. The van der Waals surface area contributed by atoms with Gasteiger partial charge in [-0.1, -0.05) is 20.3 Å². The molecule has 0 bridgehead atoms. The number of esters is 1. The molecule has 0 amide bonds. The van der Waals surface area contributed by atoms with Crippen LogP contribution in [-0.4, -0.2) is 37.9 Å². The Morgan fingerprint density at radius 1 is 1.32 bits per heavy atom. The molecule has 0 heterocycles. The first-order valence-corrected chi connectivity index (χ1v) is 7.45. The smallest absolute Gasteiger partial charge is 0.325 e. The highest BCUT2D eigenvalue weighted by molar-refractivity contribution is 5.80. The highest BCUT2D eigenvalue weighted by atomic mass is 16.5. The third-order valence-electron chi connectivity index (χ3n) is 3.32. The summed E-state index contributed by atoms with van der Waals surface area (Å²) in [5, 5.41) is 3.28. The summed E-state index contributed by atoms with van der Waals surface area (Å²) in [6, 6.07) is 0. The van der Waals surface area contributed by atoms with Crippen molar-refractivity contribution >= 4 is 5.97 Å². The second-order valence-corrected chi connectivity index (χ2v) is 5.32. The summed E-state index contributed by atoms with van der Waals surface area (Å²) >= 11 is 0. The largest absolute Gasteiger partial charge is 0.468 e.